The summed E-state index contributed by atoms with van der Waals surface area (Å²) >= 11 is 0. The van der Waals surface area contributed by atoms with Gasteiger partial charge in [0.1, 0.15) is 0 Å². The molecule has 100 valence electrons. The number of morpholine rings is 1. The van der Waals surface area contributed by atoms with Gasteiger partial charge in [0.05, 0.1) is 13.2 Å². The molecule has 0 radical (unpaired) electrons. The van der Waals surface area contributed by atoms with Crippen molar-refractivity contribution in [2.75, 3.05) is 26.3 Å². The maximum absolute atomic E-state index is 5.36. The first-order valence-electron chi connectivity index (χ1n) is 6.90. The molecule has 3 nitrogen and oxygen atoms in total. The molecule has 2 aromatic carbocycles. The van der Waals surface area contributed by atoms with Crippen molar-refractivity contribution in [2.45, 2.75) is 13.0 Å². The lowest BCUT2D eigenvalue weighted by molar-refractivity contribution is 0.00485. The Bertz CT molecular complexity index is 549. The molecule has 0 saturated carbocycles. The minimum absolute atomic E-state index is 0.322. The van der Waals surface area contributed by atoms with E-state index in [0.29, 0.717) is 6.04 Å². The Morgan fingerprint density at radius 3 is 2.58 bits per heavy atom. The number of hydrazine groups is 1. The summed E-state index contributed by atoms with van der Waals surface area (Å²) in [4.78, 5) is 0. The van der Waals surface area contributed by atoms with Gasteiger partial charge in [0.15, 0.2) is 0 Å². The van der Waals surface area contributed by atoms with Crippen LogP contribution in [0, 0.1) is 0 Å². The van der Waals surface area contributed by atoms with Crippen LogP contribution in [-0.4, -0.2) is 31.3 Å². The van der Waals surface area contributed by atoms with Crippen LogP contribution in [0.15, 0.2) is 42.5 Å². The predicted octanol–water partition coefficient (Wildman–Crippen LogP) is 2.74. The molecule has 3 rings (SSSR count). The lowest BCUT2D eigenvalue weighted by Gasteiger charge is -2.30. The minimum atomic E-state index is 0.322. The number of nitrogens with one attached hydrogen (secondary N) is 1. The number of rotatable bonds is 3. The van der Waals surface area contributed by atoms with Crippen LogP contribution in [0.1, 0.15) is 18.5 Å². The Morgan fingerprint density at radius 1 is 1.05 bits per heavy atom. The van der Waals surface area contributed by atoms with Crippen LogP contribution in [0.25, 0.3) is 10.8 Å². The normalized spacial score (nSPS) is 18.6. The van der Waals surface area contributed by atoms with Crippen molar-refractivity contribution in [2.24, 2.45) is 0 Å². The summed E-state index contributed by atoms with van der Waals surface area (Å²) in [5, 5.41) is 4.85. The summed E-state index contributed by atoms with van der Waals surface area (Å²) in [6, 6.07) is 15.5. The highest BCUT2D eigenvalue weighted by Gasteiger charge is 2.14. The van der Waals surface area contributed by atoms with E-state index in [2.05, 4.69) is 59.8 Å². The molecule has 3 heteroatoms. The Labute approximate surface area is 114 Å². The summed E-state index contributed by atoms with van der Waals surface area (Å²) in [7, 11) is 0. The summed E-state index contributed by atoms with van der Waals surface area (Å²) in [6.07, 6.45) is 0. The van der Waals surface area contributed by atoms with Gasteiger partial charge in [-0.15, -0.1) is 0 Å². The van der Waals surface area contributed by atoms with Gasteiger partial charge in [0.2, 0.25) is 0 Å². The third-order valence-electron chi connectivity index (χ3n) is 3.66. The SMILES string of the molecule is CC(NN1CCOCC1)c1ccc2ccccc2c1. The highest BCUT2D eigenvalue weighted by Crippen LogP contribution is 2.20. The second-order valence-corrected chi connectivity index (χ2v) is 5.06. The zero-order valence-electron chi connectivity index (χ0n) is 11.3. The van der Waals surface area contributed by atoms with E-state index >= 15 is 0 Å². The summed E-state index contributed by atoms with van der Waals surface area (Å²) in [5.74, 6) is 0. The standard InChI is InChI=1S/C16H20N2O/c1-13(17-18-8-10-19-11-9-18)15-7-6-14-4-2-3-5-16(14)12-15/h2-7,12-13,17H,8-11H2,1H3. The quantitative estimate of drug-likeness (QED) is 0.914. The number of hydrogen-bond donors (Lipinski definition) is 1. The van der Waals surface area contributed by atoms with Gasteiger partial charge in [0.25, 0.3) is 0 Å². The topological polar surface area (TPSA) is 24.5 Å². The fourth-order valence-corrected chi connectivity index (χ4v) is 2.52. The van der Waals surface area contributed by atoms with Crippen LogP contribution < -0.4 is 5.43 Å². The van der Waals surface area contributed by atoms with Crippen molar-refractivity contribution < 1.29 is 4.74 Å². The fraction of sp³-hybridized carbons (Fsp3) is 0.375. The fourth-order valence-electron chi connectivity index (χ4n) is 2.52. The number of nitrogens with zero attached hydrogens (tertiary/aromatic N) is 1. The average Bonchev–Trinajstić information content (AvgIpc) is 2.48. The lowest BCUT2D eigenvalue weighted by Crippen LogP contribution is -2.46. The molecule has 0 bridgehead atoms. The van der Waals surface area contributed by atoms with E-state index in [-0.39, 0.29) is 0 Å². The van der Waals surface area contributed by atoms with E-state index < -0.39 is 0 Å². The molecule has 0 amide bonds. The molecule has 1 N–H and O–H groups in total. The van der Waals surface area contributed by atoms with Crippen molar-refractivity contribution in [1.29, 1.82) is 0 Å². The van der Waals surface area contributed by atoms with Crippen LogP contribution in [0.4, 0.5) is 0 Å². The van der Waals surface area contributed by atoms with Gasteiger partial charge in [-0.25, -0.2) is 10.4 Å². The molecule has 0 spiro atoms. The zero-order chi connectivity index (χ0) is 13.1. The van der Waals surface area contributed by atoms with Gasteiger partial charge in [-0.3, -0.25) is 0 Å². The molecule has 1 aliphatic rings. The van der Waals surface area contributed by atoms with Crippen LogP contribution in [0.2, 0.25) is 0 Å². The van der Waals surface area contributed by atoms with Gasteiger partial charge in [-0.05, 0) is 29.3 Å². The molecule has 0 aromatic heterocycles. The minimum Gasteiger partial charge on any atom is -0.379 e. The first kappa shape index (κ1) is 12.6. The maximum Gasteiger partial charge on any atom is 0.0608 e. The Hall–Kier alpha value is -1.42. The molecule has 1 saturated heterocycles. The van der Waals surface area contributed by atoms with Crippen molar-refractivity contribution in [3.05, 3.63) is 48.0 Å². The van der Waals surface area contributed by atoms with Gasteiger partial charge >= 0.3 is 0 Å². The third kappa shape index (κ3) is 2.95. The molecule has 0 aliphatic carbocycles. The van der Waals surface area contributed by atoms with E-state index in [1.165, 1.54) is 16.3 Å². The molecule has 1 fully saturated rings. The Balaban J connectivity index is 1.75. The monoisotopic (exact) mass is 256 g/mol. The second kappa shape index (κ2) is 5.70. The lowest BCUT2D eigenvalue weighted by atomic mass is 10.0. The maximum atomic E-state index is 5.36. The molecule has 19 heavy (non-hydrogen) atoms. The first-order chi connectivity index (χ1) is 9.33. The largest absolute Gasteiger partial charge is 0.379 e. The van der Waals surface area contributed by atoms with Gasteiger partial charge in [-0.2, -0.15) is 0 Å². The molecule has 2 aromatic rings. The molecule has 1 heterocycles. The molecule has 1 unspecified atom stereocenters. The van der Waals surface area contributed by atoms with Gasteiger partial charge < -0.3 is 4.74 Å². The number of ether oxygens (including phenoxy) is 1. The molecular formula is C16H20N2O. The van der Waals surface area contributed by atoms with E-state index in [0.717, 1.165) is 26.3 Å². The molecular weight excluding hydrogens is 236 g/mol. The second-order valence-electron chi connectivity index (χ2n) is 5.06. The number of fused-ring (bicyclic) bond motifs is 1. The number of hydrogen-bond acceptors (Lipinski definition) is 3. The van der Waals surface area contributed by atoms with E-state index in [1.54, 1.807) is 0 Å². The van der Waals surface area contributed by atoms with E-state index in [4.69, 9.17) is 4.74 Å². The molecule has 1 aliphatic heterocycles. The summed E-state index contributed by atoms with van der Waals surface area (Å²) in [5.41, 5.74) is 4.88. The summed E-state index contributed by atoms with van der Waals surface area (Å²) in [6.45, 7) is 5.75. The van der Waals surface area contributed by atoms with Crippen LogP contribution in [0.3, 0.4) is 0 Å². The number of benzene rings is 2. The molecule has 1 atom stereocenters. The van der Waals surface area contributed by atoms with Crippen molar-refractivity contribution in [3.63, 3.8) is 0 Å². The van der Waals surface area contributed by atoms with Crippen LogP contribution in [-0.2, 0) is 4.74 Å². The van der Waals surface area contributed by atoms with E-state index in [1.807, 2.05) is 0 Å². The van der Waals surface area contributed by atoms with Crippen molar-refractivity contribution >= 4 is 10.8 Å². The smallest absolute Gasteiger partial charge is 0.0608 e. The van der Waals surface area contributed by atoms with Crippen LogP contribution >= 0.6 is 0 Å². The van der Waals surface area contributed by atoms with Crippen molar-refractivity contribution in [1.82, 2.24) is 10.4 Å². The predicted molar refractivity (Wildman–Crippen MR) is 77.9 cm³/mol. The van der Waals surface area contributed by atoms with Gasteiger partial charge in [0, 0.05) is 19.1 Å². The van der Waals surface area contributed by atoms with Crippen molar-refractivity contribution in [3.8, 4) is 0 Å². The zero-order valence-corrected chi connectivity index (χ0v) is 11.3. The van der Waals surface area contributed by atoms with Gasteiger partial charge in [-0.1, -0.05) is 36.4 Å². The Kier molecular flexibility index (Phi) is 3.78. The highest BCUT2D eigenvalue weighted by molar-refractivity contribution is 5.83. The Morgan fingerprint density at radius 2 is 1.79 bits per heavy atom. The summed E-state index contributed by atoms with van der Waals surface area (Å²) < 4.78 is 5.36. The third-order valence-corrected chi connectivity index (χ3v) is 3.66. The average molecular weight is 256 g/mol. The first-order valence-corrected chi connectivity index (χ1v) is 6.90. The van der Waals surface area contributed by atoms with E-state index in [9.17, 15) is 0 Å². The highest BCUT2D eigenvalue weighted by atomic mass is 16.5. The van der Waals surface area contributed by atoms with Crippen LogP contribution in [0.5, 0.6) is 0 Å².